The minimum atomic E-state index is -0.285. The van der Waals surface area contributed by atoms with Crippen LogP contribution in [0.2, 0.25) is 0 Å². The third-order valence-electron chi connectivity index (χ3n) is 1.56. The zero-order chi connectivity index (χ0) is 9.56. The van der Waals surface area contributed by atoms with Crippen LogP contribution in [-0.4, -0.2) is 27.8 Å². The van der Waals surface area contributed by atoms with E-state index in [1.54, 1.807) is 6.92 Å². The Morgan fingerprint density at radius 1 is 1.33 bits per heavy atom. The van der Waals surface area contributed by atoms with Gasteiger partial charge in [-0.15, -0.1) is 0 Å². The number of amides is 2. The van der Waals surface area contributed by atoms with E-state index in [4.69, 9.17) is 16.0 Å². The quantitative estimate of drug-likeness (QED) is 0.512. The van der Waals surface area contributed by atoms with E-state index in [1.165, 1.54) is 0 Å². The molecule has 0 aliphatic heterocycles. The van der Waals surface area contributed by atoms with E-state index in [1.807, 2.05) is 10.5 Å². The van der Waals surface area contributed by atoms with Gasteiger partial charge in [0.1, 0.15) is 0 Å². The highest BCUT2D eigenvalue weighted by Crippen LogP contribution is 2.04. The predicted octanol–water partition coefficient (Wildman–Crippen LogP) is -1.20. The van der Waals surface area contributed by atoms with Crippen molar-refractivity contribution in [3.05, 3.63) is 0 Å². The third-order valence-corrected chi connectivity index (χ3v) is 1.56. The summed E-state index contributed by atoms with van der Waals surface area (Å²) in [6.07, 6.45) is 0.664. The van der Waals surface area contributed by atoms with Gasteiger partial charge in [-0.1, -0.05) is 6.92 Å². The molecule has 0 aliphatic carbocycles. The van der Waals surface area contributed by atoms with Gasteiger partial charge in [-0.25, -0.2) is 0 Å². The van der Waals surface area contributed by atoms with Gasteiger partial charge >= 0.3 is 0 Å². The average molecular weight is 164 g/mol. The number of carbonyl (C=O) groups is 2. The largest absolute Gasteiger partial charge is 0.409 e. The SMILES string of the molecule is [B]NC(=O)CCC(C)C(=O)N[B]. The lowest BCUT2D eigenvalue weighted by atomic mass is 10.0. The molecule has 0 aromatic heterocycles. The van der Waals surface area contributed by atoms with Gasteiger partial charge in [-0.3, -0.25) is 9.59 Å². The Bertz CT molecular complexity index is 175. The second-order valence-electron chi connectivity index (χ2n) is 2.52. The number of hydrogen-bond acceptors (Lipinski definition) is 2. The van der Waals surface area contributed by atoms with E-state index in [-0.39, 0.29) is 24.2 Å². The lowest BCUT2D eigenvalue weighted by molar-refractivity contribution is -0.123. The van der Waals surface area contributed by atoms with Gasteiger partial charge in [0.15, 0.2) is 0 Å². The lowest BCUT2D eigenvalue weighted by Crippen LogP contribution is -2.28. The molecular weight excluding hydrogens is 154 g/mol. The molecule has 1 atom stereocenters. The topological polar surface area (TPSA) is 58.2 Å². The van der Waals surface area contributed by atoms with Crippen LogP contribution < -0.4 is 10.5 Å². The lowest BCUT2D eigenvalue weighted by Gasteiger charge is -2.08. The second-order valence-corrected chi connectivity index (χ2v) is 2.52. The summed E-state index contributed by atoms with van der Waals surface area (Å²) in [6, 6.07) is 0. The highest BCUT2D eigenvalue weighted by Gasteiger charge is 2.11. The summed E-state index contributed by atoms with van der Waals surface area (Å²) in [5.41, 5.74) is 0. The molecule has 0 saturated heterocycles. The Balaban J connectivity index is 3.63. The van der Waals surface area contributed by atoms with Crippen LogP contribution >= 0.6 is 0 Å². The summed E-state index contributed by atoms with van der Waals surface area (Å²) in [4.78, 5) is 21.4. The highest BCUT2D eigenvalue weighted by molar-refractivity contribution is 6.15. The summed E-state index contributed by atoms with van der Waals surface area (Å²) in [5.74, 6) is -0.834. The van der Waals surface area contributed by atoms with Gasteiger partial charge in [-0.05, 0) is 6.42 Å². The first kappa shape index (κ1) is 11.1. The highest BCUT2D eigenvalue weighted by atomic mass is 16.2. The Morgan fingerprint density at radius 3 is 2.33 bits per heavy atom. The monoisotopic (exact) mass is 164 g/mol. The van der Waals surface area contributed by atoms with Crippen molar-refractivity contribution in [2.75, 3.05) is 0 Å². The number of nitrogens with one attached hydrogen (secondary N) is 2. The molecular formula is C6H10B2N2O2. The van der Waals surface area contributed by atoms with Crippen LogP contribution in [0.1, 0.15) is 19.8 Å². The van der Waals surface area contributed by atoms with Crippen LogP contribution in [0.5, 0.6) is 0 Å². The zero-order valence-electron chi connectivity index (χ0n) is 6.96. The first-order valence-electron chi connectivity index (χ1n) is 3.61. The van der Waals surface area contributed by atoms with E-state index in [0.29, 0.717) is 6.42 Å². The Hall–Kier alpha value is -0.930. The van der Waals surface area contributed by atoms with Crippen LogP contribution in [0.15, 0.2) is 0 Å². The van der Waals surface area contributed by atoms with Crippen LogP contribution in [0.3, 0.4) is 0 Å². The van der Waals surface area contributed by atoms with E-state index in [2.05, 4.69) is 0 Å². The van der Waals surface area contributed by atoms with Crippen molar-refractivity contribution in [3.8, 4) is 0 Å². The van der Waals surface area contributed by atoms with Crippen molar-refractivity contribution in [3.63, 3.8) is 0 Å². The molecule has 4 radical (unpaired) electrons. The molecule has 0 heterocycles. The molecule has 6 heteroatoms. The fourth-order valence-electron chi connectivity index (χ4n) is 0.693. The van der Waals surface area contributed by atoms with Crippen molar-refractivity contribution >= 4 is 27.8 Å². The van der Waals surface area contributed by atoms with Gasteiger partial charge in [0, 0.05) is 12.3 Å². The molecule has 0 spiro atoms. The molecule has 62 valence electrons. The zero-order valence-corrected chi connectivity index (χ0v) is 6.96. The molecule has 1 unspecified atom stereocenters. The summed E-state index contributed by atoms with van der Waals surface area (Å²) >= 11 is 0. The third kappa shape index (κ3) is 4.05. The van der Waals surface area contributed by atoms with Crippen LogP contribution in [0.4, 0.5) is 0 Å². The van der Waals surface area contributed by atoms with Crippen molar-refractivity contribution in [2.24, 2.45) is 5.92 Å². The molecule has 0 bridgehead atoms. The Morgan fingerprint density at radius 2 is 1.92 bits per heavy atom. The standard InChI is InChI=1S/C6H10B2N2O2/c1-4(6(12)10-8)2-3-5(11)9-7/h4H,2-3H2,1H3,(H,9,11)(H,10,12). The number of hydrogen-bond donors (Lipinski definition) is 2. The summed E-state index contributed by atoms with van der Waals surface area (Å²) in [5, 5.41) is 3.98. The molecule has 0 aromatic carbocycles. The van der Waals surface area contributed by atoms with Crippen LogP contribution in [0, 0.1) is 5.92 Å². The number of rotatable bonds is 4. The maximum absolute atomic E-state index is 10.8. The normalized spacial score (nSPS) is 11.8. The van der Waals surface area contributed by atoms with Crippen molar-refractivity contribution in [1.82, 2.24) is 10.5 Å². The van der Waals surface area contributed by atoms with E-state index in [9.17, 15) is 9.59 Å². The molecule has 4 nitrogen and oxygen atoms in total. The fourth-order valence-corrected chi connectivity index (χ4v) is 0.693. The van der Waals surface area contributed by atoms with Crippen molar-refractivity contribution in [2.45, 2.75) is 19.8 Å². The minimum Gasteiger partial charge on any atom is -0.409 e. The van der Waals surface area contributed by atoms with E-state index in [0.717, 1.165) is 0 Å². The fraction of sp³-hybridized carbons (Fsp3) is 0.667. The van der Waals surface area contributed by atoms with Crippen LogP contribution in [0.25, 0.3) is 0 Å². The van der Waals surface area contributed by atoms with Gasteiger partial charge in [0.2, 0.25) is 27.8 Å². The molecule has 0 rings (SSSR count). The predicted molar refractivity (Wildman–Crippen MR) is 46.2 cm³/mol. The maximum atomic E-state index is 10.8. The van der Waals surface area contributed by atoms with E-state index >= 15 is 0 Å². The van der Waals surface area contributed by atoms with E-state index < -0.39 is 0 Å². The van der Waals surface area contributed by atoms with Gasteiger partial charge in [0.25, 0.3) is 0 Å². The molecule has 0 fully saturated rings. The molecule has 0 aromatic rings. The van der Waals surface area contributed by atoms with Gasteiger partial charge in [0.05, 0.1) is 0 Å². The summed E-state index contributed by atoms with van der Waals surface area (Å²) < 4.78 is 0. The van der Waals surface area contributed by atoms with Crippen molar-refractivity contribution in [1.29, 1.82) is 0 Å². The number of carbonyl (C=O) groups excluding carboxylic acids is 2. The van der Waals surface area contributed by atoms with Gasteiger partial charge < -0.3 is 10.5 Å². The van der Waals surface area contributed by atoms with Gasteiger partial charge in [-0.2, -0.15) is 0 Å². The molecule has 0 saturated carbocycles. The minimum absolute atomic E-state index is 0.227. The maximum Gasteiger partial charge on any atom is 0.226 e. The van der Waals surface area contributed by atoms with Crippen LogP contribution in [-0.2, 0) is 9.59 Å². The average Bonchev–Trinajstić information content (AvgIpc) is 2.11. The Labute approximate surface area is 74.3 Å². The molecule has 2 N–H and O–H groups in total. The summed E-state index contributed by atoms with van der Waals surface area (Å²) in [6.45, 7) is 1.69. The Kier molecular flexibility index (Phi) is 5.25. The second kappa shape index (κ2) is 5.69. The molecule has 0 aliphatic rings. The molecule has 2 amide bonds. The smallest absolute Gasteiger partial charge is 0.226 e. The first-order valence-corrected chi connectivity index (χ1v) is 3.61. The first-order chi connectivity index (χ1) is 5.61. The molecule has 12 heavy (non-hydrogen) atoms. The summed E-state index contributed by atoms with van der Waals surface area (Å²) in [7, 11) is 9.73. The van der Waals surface area contributed by atoms with Crippen molar-refractivity contribution < 1.29 is 9.59 Å².